The molecule has 1 saturated heterocycles. The van der Waals surface area contributed by atoms with Gasteiger partial charge < -0.3 is 10.2 Å². The topological polar surface area (TPSA) is 75.2 Å². The van der Waals surface area contributed by atoms with Gasteiger partial charge in [0, 0.05) is 25.1 Å². The summed E-state index contributed by atoms with van der Waals surface area (Å²) >= 11 is 1.42. The van der Waals surface area contributed by atoms with Crippen LogP contribution >= 0.6 is 11.3 Å². The number of nitrogens with zero attached hydrogens (tertiary/aromatic N) is 3. The number of carbonyl (C=O) groups is 2. The van der Waals surface area contributed by atoms with E-state index >= 15 is 0 Å². The lowest BCUT2D eigenvalue weighted by Gasteiger charge is -2.19. The molecule has 1 fully saturated rings. The fraction of sp³-hybridized carbons (Fsp3) is 0.500. The molecular formula is C20H26N4O2S. The van der Waals surface area contributed by atoms with Crippen LogP contribution in [0.3, 0.4) is 0 Å². The molecule has 1 aliphatic heterocycles. The largest absolute Gasteiger partial charge is 0.311 e. The number of unbranched alkanes of at least 4 members (excludes halogenated alkanes) is 2. The van der Waals surface area contributed by atoms with Gasteiger partial charge in [-0.15, -0.1) is 10.2 Å². The van der Waals surface area contributed by atoms with E-state index in [-0.39, 0.29) is 24.2 Å². The highest BCUT2D eigenvalue weighted by Gasteiger charge is 2.36. The minimum Gasteiger partial charge on any atom is -0.311 e. The maximum absolute atomic E-state index is 12.6. The van der Waals surface area contributed by atoms with Crippen molar-refractivity contribution in [1.82, 2.24) is 10.2 Å². The average Bonchev–Trinajstić information content (AvgIpc) is 3.24. The SMILES string of the molecule is CCCCCc1nnc(NC(=O)C2CC(=O)N(c3cc(C)ccc3C)C2)s1. The van der Waals surface area contributed by atoms with Gasteiger partial charge in [0.1, 0.15) is 5.01 Å². The molecule has 1 atom stereocenters. The lowest BCUT2D eigenvalue weighted by molar-refractivity contribution is -0.122. The molecule has 27 heavy (non-hydrogen) atoms. The Balaban J connectivity index is 1.61. The number of hydrogen-bond acceptors (Lipinski definition) is 5. The third-order valence-corrected chi connectivity index (χ3v) is 5.74. The lowest BCUT2D eigenvalue weighted by atomic mass is 10.1. The van der Waals surface area contributed by atoms with Gasteiger partial charge in [-0.25, -0.2) is 0 Å². The van der Waals surface area contributed by atoms with Crippen molar-refractivity contribution < 1.29 is 9.59 Å². The zero-order valence-corrected chi connectivity index (χ0v) is 16.9. The minimum absolute atomic E-state index is 0.0126. The second kappa shape index (κ2) is 8.61. The van der Waals surface area contributed by atoms with Crippen molar-refractivity contribution in [2.45, 2.75) is 52.9 Å². The number of hydrogen-bond donors (Lipinski definition) is 1. The second-order valence-electron chi connectivity index (χ2n) is 7.14. The van der Waals surface area contributed by atoms with Crippen molar-refractivity contribution >= 4 is 34.0 Å². The van der Waals surface area contributed by atoms with Crippen LogP contribution in [0.25, 0.3) is 0 Å². The fourth-order valence-electron chi connectivity index (χ4n) is 3.27. The van der Waals surface area contributed by atoms with Crippen LogP contribution in [-0.4, -0.2) is 28.6 Å². The molecule has 6 nitrogen and oxygen atoms in total. The molecule has 1 unspecified atom stereocenters. The minimum atomic E-state index is -0.371. The summed E-state index contributed by atoms with van der Waals surface area (Å²) in [6.07, 6.45) is 4.53. The Morgan fingerprint density at radius 1 is 1.30 bits per heavy atom. The highest BCUT2D eigenvalue weighted by Crippen LogP contribution is 2.29. The van der Waals surface area contributed by atoms with Gasteiger partial charge in [0.05, 0.1) is 5.92 Å². The molecular weight excluding hydrogens is 360 g/mol. The van der Waals surface area contributed by atoms with E-state index in [0.717, 1.165) is 41.1 Å². The van der Waals surface area contributed by atoms with E-state index in [2.05, 4.69) is 22.4 Å². The average molecular weight is 387 g/mol. The zero-order chi connectivity index (χ0) is 19.4. The van der Waals surface area contributed by atoms with Gasteiger partial charge in [-0.05, 0) is 37.5 Å². The van der Waals surface area contributed by atoms with Crippen LogP contribution < -0.4 is 10.2 Å². The van der Waals surface area contributed by atoms with Crippen LogP contribution in [0.5, 0.6) is 0 Å². The quantitative estimate of drug-likeness (QED) is 0.733. The van der Waals surface area contributed by atoms with E-state index in [1.807, 2.05) is 32.0 Å². The van der Waals surface area contributed by atoms with Crippen LogP contribution in [0.2, 0.25) is 0 Å². The van der Waals surface area contributed by atoms with Crippen molar-refractivity contribution in [3.63, 3.8) is 0 Å². The molecule has 0 bridgehead atoms. The molecule has 0 saturated carbocycles. The Labute approximate surface area is 164 Å². The summed E-state index contributed by atoms with van der Waals surface area (Å²) in [5.41, 5.74) is 3.03. The van der Waals surface area contributed by atoms with Gasteiger partial charge in [0.15, 0.2) is 0 Å². The van der Waals surface area contributed by atoms with Gasteiger partial charge in [-0.1, -0.05) is 43.2 Å². The smallest absolute Gasteiger partial charge is 0.231 e. The molecule has 7 heteroatoms. The Morgan fingerprint density at radius 2 is 2.11 bits per heavy atom. The Morgan fingerprint density at radius 3 is 2.89 bits per heavy atom. The van der Waals surface area contributed by atoms with Crippen molar-refractivity contribution in [3.05, 3.63) is 34.3 Å². The fourth-order valence-corrected chi connectivity index (χ4v) is 4.05. The molecule has 2 heterocycles. The van der Waals surface area contributed by atoms with Crippen molar-refractivity contribution in [2.24, 2.45) is 5.92 Å². The number of rotatable bonds is 7. The molecule has 2 amide bonds. The number of aromatic nitrogens is 2. The van der Waals surface area contributed by atoms with Crippen molar-refractivity contribution in [2.75, 3.05) is 16.8 Å². The summed E-state index contributed by atoms with van der Waals surface area (Å²) in [7, 11) is 0. The third kappa shape index (κ3) is 4.71. The van der Waals surface area contributed by atoms with E-state index in [4.69, 9.17) is 0 Å². The Hall–Kier alpha value is -2.28. The summed E-state index contributed by atoms with van der Waals surface area (Å²) in [4.78, 5) is 26.8. The van der Waals surface area contributed by atoms with E-state index in [1.54, 1.807) is 4.90 Å². The summed E-state index contributed by atoms with van der Waals surface area (Å²) in [5.74, 6) is -0.543. The molecule has 0 spiro atoms. The van der Waals surface area contributed by atoms with Crippen LogP contribution in [-0.2, 0) is 16.0 Å². The first kappa shape index (κ1) is 19.5. The normalized spacial score (nSPS) is 16.8. The molecule has 1 N–H and O–H groups in total. The number of carbonyl (C=O) groups excluding carboxylic acids is 2. The predicted molar refractivity (Wildman–Crippen MR) is 108 cm³/mol. The molecule has 2 aromatic rings. The van der Waals surface area contributed by atoms with Gasteiger partial charge in [0.25, 0.3) is 0 Å². The standard InChI is InChI=1S/C20H26N4O2S/c1-4-5-6-7-17-22-23-20(27-17)21-19(26)15-11-18(25)24(12-15)16-10-13(2)8-9-14(16)3/h8-10,15H,4-7,11-12H2,1-3H3,(H,21,23,26). The first-order valence-electron chi connectivity index (χ1n) is 9.48. The van der Waals surface area contributed by atoms with Crippen molar-refractivity contribution in [1.29, 1.82) is 0 Å². The maximum Gasteiger partial charge on any atom is 0.231 e. The zero-order valence-electron chi connectivity index (χ0n) is 16.1. The van der Waals surface area contributed by atoms with Crippen LogP contribution in [0, 0.1) is 19.8 Å². The maximum atomic E-state index is 12.6. The monoisotopic (exact) mass is 386 g/mol. The van der Waals surface area contributed by atoms with Gasteiger partial charge >= 0.3 is 0 Å². The molecule has 144 valence electrons. The first-order valence-corrected chi connectivity index (χ1v) is 10.3. The molecule has 1 aromatic heterocycles. The molecule has 1 aromatic carbocycles. The van der Waals surface area contributed by atoms with Crippen LogP contribution in [0.4, 0.5) is 10.8 Å². The van der Waals surface area contributed by atoms with Gasteiger partial charge in [-0.3, -0.25) is 9.59 Å². The molecule has 0 aliphatic carbocycles. The van der Waals surface area contributed by atoms with Crippen LogP contribution in [0.1, 0.15) is 48.7 Å². The van der Waals surface area contributed by atoms with E-state index in [1.165, 1.54) is 17.8 Å². The van der Waals surface area contributed by atoms with E-state index in [0.29, 0.717) is 11.7 Å². The summed E-state index contributed by atoms with van der Waals surface area (Å²) < 4.78 is 0. The summed E-state index contributed by atoms with van der Waals surface area (Å²) in [6, 6.07) is 6.03. The molecule has 1 aliphatic rings. The lowest BCUT2D eigenvalue weighted by Crippen LogP contribution is -2.28. The van der Waals surface area contributed by atoms with Gasteiger partial charge in [0.2, 0.25) is 16.9 Å². The molecule has 3 rings (SSSR count). The number of anilines is 2. The van der Waals surface area contributed by atoms with Gasteiger partial charge in [-0.2, -0.15) is 0 Å². The summed E-state index contributed by atoms with van der Waals surface area (Å²) in [6.45, 7) is 6.55. The Bertz CT molecular complexity index is 833. The van der Waals surface area contributed by atoms with E-state index < -0.39 is 0 Å². The second-order valence-corrected chi connectivity index (χ2v) is 8.20. The number of aryl methyl sites for hydroxylation is 3. The number of benzene rings is 1. The summed E-state index contributed by atoms with van der Waals surface area (Å²) in [5, 5.41) is 12.5. The van der Waals surface area contributed by atoms with Crippen LogP contribution in [0.15, 0.2) is 18.2 Å². The third-order valence-electron chi connectivity index (χ3n) is 4.84. The molecule has 0 radical (unpaired) electrons. The highest BCUT2D eigenvalue weighted by atomic mass is 32.1. The van der Waals surface area contributed by atoms with Crippen molar-refractivity contribution in [3.8, 4) is 0 Å². The first-order chi connectivity index (χ1) is 13.0. The predicted octanol–water partition coefficient (Wildman–Crippen LogP) is 3.88. The van der Waals surface area contributed by atoms with E-state index in [9.17, 15) is 9.59 Å². The number of nitrogens with one attached hydrogen (secondary N) is 1. The Kier molecular flexibility index (Phi) is 6.21. The number of amides is 2. The highest BCUT2D eigenvalue weighted by molar-refractivity contribution is 7.15.